The molecule has 2 fully saturated rings. The molecule has 6 nitrogen and oxygen atoms in total. The van der Waals surface area contributed by atoms with Crippen LogP contribution in [0.15, 0.2) is 12.4 Å². The monoisotopic (exact) mass is 342 g/mol. The Morgan fingerprint density at radius 3 is 2.57 bits per heavy atom. The van der Waals surface area contributed by atoms with E-state index in [9.17, 15) is 12.8 Å². The molecule has 2 saturated heterocycles. The van der Waals surface area contributed by atoms with Crippen molar-refractivity contribution in [1.29, 1.82) is 0 Å². The maximum atomic E-state index is 12.9. The average molecular weight is 342 g/mol. The Morgan fingerprint density at radius 1 is 1.26 bits per heavy atom. The van der Waals surface area contributed by atoms with E-state index in [1.165, 1.54) is 0 Å². The predicted octanol–water partition coefficient (Wildman–Crippen LogP) is 1.50. The molecule has 0 radical (unpaired) electrons. The highest BCUT2D eigenvalue weighted by molar-refractivity contribution is 7.90. The van der Waals surface area contributed by atoms with Crippen molar-refractivity contribution in [3.8, 4) is 0 Å². The van der Waals surface area contributed by atoms with Gasteiger partial charge in [-0.3, -0.25) is 0 Å². The minimum atomic E-state index is -3.21. The number of sulfonamides is 1. The lowest BCUT2D eigenvalue weighted by atomic mass is 10.0. The number of aromatic nitrogens is 2. The normalized spacial score (nSPS) is 27.9. The highest BCUT2D eigenvalue weighted by Crippen LogP contribution is 2.35. The minimum Gasteiger partial charge on any atom is -0.341 e. The van der Waals surface area contributed by atoms with Crippen molar-refractivity contribution in [1.82, 2.24) is 14.3 Å². The lowest BCUT2D eigenvalue weighted by Gasteiger charge is -2.22. The summed E-state index contributed by atoms with van der Waals surface area (Å²) < 4.78 is 40.1. The molecule has 23 heavy (non-hydrogen) atoms. The third-order valence-corrected chi connectivity index (χ3v) is 7.02. The van der Waals surface area contributed by atoms with E-state index in [-0.39, 0.29) is 11.2 Å². The predicted molar refractivity (Wildman–Crippen MR) is 86.0 cm³/mol. The van der Waals surface area contributed by atoms with E-state index in [0.29, 0.717) is 44.5 Å². The van der Waals surface area contributed by atoms with E-state index in [1.807, 2.05) is 18.7 Å². The molecule has 128 valence electrons. The van der Waals surface area contributed by atoms with Crippen molar-refractivity contribution in [2.24, 2.45) is 11.8 Å². The van der Waals surface area contributed by atoms with Gasteiger partial charge in [-0.2, -0.15) is 0 Å². The standard InChI is InChI=1S/C15H23FN4O2S/c1-11(2)9-20-10-12-3-5-19(6-4-14(12)23(20,21)22)15-17-7-13(16)8-18-15/h7-8,11-12,14H,3-6,9-10H2,1-2H3/t12-,14-/m0/s1. The van der Waals surface area contributed by atoms with Gasteiger partial charge < -0.3 is 4.90 Å². The molecule has 0 saturated carbocycles. The van der Waals surface area contributed by atoms with Gasteiger partial charge in [0, 0.05) is 26.2 Å². The van der Waals surface area contributed by atoms with Gasteiger partial charge in [-0.25, -0.2) is 27.1 Å². The van der Waals surface area contributed by atoms with Crippen LogP contribution in [0.2, 0.25) is 0 Å². The van der Waals surface area contributed by atoms with Crippen molar-refractivity contribution in [2.45, 2.75) is 31.9 Å². The third kappa shape index (κ3) is 3.33. The zero-order valence-electron chi connectivity index (χ0n) is 13.5. The Balaban J connectivity index is 1.73. The van der Waals surface area contributed by atoms with Crippen LogP contribution in [-0.2, 0) is 10.0 Å². The lowest BCUT2D eigenvalue weighted by molar-refractivity contribution is 0.351. The van der Waals surface area contributed by atoms with Gasteiger partial charge >= 0.3 is 0 Å². The summed E-state index contributed by atoms with van der Waals surface area (Å²) in [5.74, 6) is 0.496. The van der Waals surface area contributed by atoms with Crippen LogP contribution in [-0.4, -0.2) is 54.1 Å². The first kappa shape index (κ1) is 16.6. The van der Waals surface area contributed by atoms with Gasteiger partial charge in [0.15, 0.2) is 5.82 Å². The Labute approximate surface area is 136 Å². The van der Waals surface area contributed by atoms with E-state index in [1.54, 1.807) is 4.31 Å². The molecule has 2 aliphatic heterocycles. The maximum absolute atomic E-state index is 12.9. The van der Waals surface area contributed by atoms with Crippen molar-refractivity contribution in [3.63, 3.8) is 0 Å². The Hall–Kier alpha value is -1.28. The number of rotatable bonds is 3. The number of hydrogen-bond acceptors (Lipinski definition) is 5. The van der Waals surface area contributed by atoms with Crippen LogP contribution < -0.4 is 4.90 Å². The molecule has 2 aliphatic rings. The van der Waals surface area contributed by atoms with E-state index in [0.717, 1.165) is 18.8 Å². The second-order valence-electron chi connectivity index (χ2n) is 6.82. The molecule has 0 amide bonds. The molecule has 0 spiro atoms. The SMILES string of the molecule is CC(C)CN1C[C@@H]2CCN(c3ncc(F)cn3)CC[C@@H]2S1(=O)=O. The molecule has 8 heteroatoms. The number of hydrogen-bond donors (Lipinski definition) is 0. The number of anilines is 1. The smallest absolute Gasteiger partial charge is 0.225 e. The molecular formula is C15H23FN4O2S. The summed E-state index contributed by atoms with van der Waals surface area (Å²) in [6.07, 6.45) is 3.66. The first-order chi connectivity index (χ1) is 10.9. The van der Waals surface area contributed by atoms with Crippen molar-refractivity contribution >= 4 is 16.0 Å². The third-order valence-electron chi connectivity index (χ3n) is 4.62. The number of fused-ring (bicyclic) bond motifs is 1. The summed E-state index contributed by atoms with van der Waals surface area (Å²) >= 11 is 0. The van der Waals surface area contributed by atoms with Crippen LogP contribution in [0.1, 0.15) is 26.7 Å². The zero-order chi connectivity index (χ0) is 16.6. The highest BCUT2D eigenvalue weighted by atomic mass is 32.2. The largest absolute Gasteiger partial charge is 0.341 e. The summed E-state index contributed by atoms with van der Waals surface area (Å²) in [6, 6.07) is 0. The van der Waals surface area contributed by atoms with Crippen LogP contribution in [0.25, 0.3) is 0 Å². The molecule has 0 bridgehead atoms. The molecule has 1 aromatic heterocycles. The van der Waals surface area contributed by atoms with Crippen molar-refractivity contribution in [2.75, 3.05) is 31.1 Å². The summed E-state index contributed by atoms with van der Waals surface area (Å²) in [5.41, 5.74) is 0. The van der Waals surface area contributed by atoms with Gasteiger partial charge in [-0.15, -0.1) is 0 Å². The van der Waals surface area contributed by atoms with E-state index in [4.69, 9.17) is 0 Å². The van der Waals surface area contributed by atoms with E-state index >= 15 is 0 Å². The van der Waals surface area contributed by atoms with E-state index < -0.39 is 15.8 Å². The maximum Gasteiger partial charge on any atom is 0.225 e. The first-order valence-corrected chi connectivity index (χ1v) is 9.59. The van der Waals surface area contributed by atoms with E-state index in [2.05, 4.69) is 9.97 Å². The summed E-state index contributed by atoms with van der Waals surface area (Å²) in [5, 5.41) is -0.313. The highest BCUT2D eigenvalue weighted by Gasteiger charge is 2.46. The van der Waals surface area contributed by atoms with Gasteiger partial charge in [0.25, 0.3) is 0 Å². The van der Waals surface area contributed by atoms with Crippen LogP contribution in [0.3, 0.4) is 0 Å². The van der Waals surface area contributed by atoms with Crippen LogP contribution in [0.4, 0.5) is 10.3 Å². The molecule has 0 N–H and O–H groups in total. The fourth-order valence-electron chi connectivity index (χ4n) is 3.55. The van der Waals surface area contributed by atoms with Gasteiger partial charge in [-0.1, -0.05) is 13.8 Å². The number of nitrogens with zero attached hydrogens (tertiary/aromatic N) is 4. The number of halogens is 1. The minimum absolute atomic E-state index is 0.157. The second-order valence-corrected chi connectivity index (χ2v) is 8.97. The Morgan fingerprint density at radius 2 is 1.91 bits per heavy atom. The summed E-state index contributed by atoms with van der Waals surface area (Å²) in [4.78, 5) is 9.97. The van der Waals surface area contributed by atoms with Gasteiger partial charge in [0.1, 0.15) is 0 Å². The topological polar surface area (TPSA) is 66.4 Å². The van der Waals surface area contributed by atoms with Crippen LogP contribution in [0, 0.1) is 17.7 Å². The fraction of sp³-hybridized carbons (Fsp3) is 0.733. The quantitative estimate of drug-likeness (QED) is 0.833. The molecule has 0 unspecified atom stereocenters. The van der Waals surface area contributed by atoms with Gasteiger partial charge in [-0.05, 0) is 24.7 Å². The Kier molecular flexibility index (Phi) is 4.55. The zero-order valence-corrected chi connectivity index (χ0v) is 14.3. The molecule has 3 heterocycles. The average Bonchev–Trinajstić information content (AvgIpc) is 2.65. The van der Waals surface area contributed by atoms with Crippen molar-refractivity contribution in [3.05, 3.63) is 18.2 Å². The Bertz CT molecular complexity index is 650. The fourth-order valence-corrected chi connectivity index (χ4v) is 5.95. The lowest BCUT2D eigenvalue weighted by Crippen LogP contribution is -2.34. The molecule has 0 aromatic carbocycles. The van der Waals surface area contributed by atoms with Gasteiger partial charge in [0.2, 0.25) is 16.0 Å². The summed E-state index contributed by atoms with van der Waals surface area (Å²) in [7, 11) is -3.21. The second kappa shape index (κ2) is 6.32. The van der Waals surface area contributed by atoms with Crippen LogP contribution in [0.5, 0.6) is 0 Å². The molecule has 0 aliphatic carbocycles. The molecule has 2 atom stereocenters. The first-order valence-electron chi connectivity index (χ1n) is 8.09. The summed E-state index contributed by atoms with van der Waals surface area (Å²) in [6.45, 7) is 6.58. The molecular weight excluding hydrogens is 319 g/mol. The molecule has 3 rings (SSSR count). The van der Waals surface area contributed by atoms with Crippen molar-refractivity contribution < 1.29 is 12.8 Å². The van der Waals surface area contributed by atoms with Crippen LogP contribution >= 0.6 is 0 Å². The molecule has 1 aromatic rings. The van der Waals surface area contributed by atoms with Gasteiger partial charge in [0.05, 0.1) is 17.6 Å².